The molecule has 2 heterocycles. The van der Waals surface area contributed by atoms with Crippen LogP contribution in [0.3, 0.4) is 0 Å². The highest BCUT2D eigenvalue weighted by Crippen LogP contribution is 2.30. The van der Waals surface area contributed by atoms with E-state index in [-0.39, 0.29) is 4.90 Å². The lowest BCUT2D eigenvalue weighted by atomic mass is 10.4. The average molecular weight is 393 g/mol. The first-order chi connectivity index (χ1) is 11.3. The van der Waals surface area contributed by atoms with Gasteiger partial charge < -0.3 is 0 Å². The summed E-state index contributed by atoms with van der Waals surface area (Å²) in [5.74, 6) is 0.351. The second kappa shape index (κ2) is 7.73. The molecule has 3 rings (SSSR count). The third-order valence-corrected chi connectivity index (χ3v) is 5.17. The lowest BCUT2D eigenvalue weighted by Crippen LogP contribution is -2.12. The van der Waals surface area contributed by atoms with Crippen molar-refractivity contribution in [1.82, 2.24) is 9.97 Å². The number of hydrogen-bond donors (Lipinski definition) is 1. The second-order valence-corrected chi connectivity index (χ2v) is 7.42. The summed E-state index contributed by atoms with van der Waals surface area (Å²) in [6.07, 6.45) is -3.14. The van der Waals surface area contributed by atoms with E-state index in [0.717, 1.165) is 6.20 Å². The van der Waals surface area contributed by atoms with E-state index < -0.39 is 21.2 Å². The highest BCUT2D eigenvalue weighted by atomic mass is 32.2. The van der Waals surface area contributed by atoms with Crippen LogP contribution in [0, 0.1) is 0 Å². The molecule has 0 fully saturated rings. The fraction of sp³-hybridized carbons (Fsp3) is 0.0769. The van der Waals surface area contributed by atoms with Crippen molar-refractivity contribution in [2.75, 3.05) is 4.72 Å². The van der Waals surface area contributed by atoms with Crippen LogP contribution in [0.1, 0.15) is 5.01 Å². The van der Waals surface area contributed by atoms with Crippen molar-refractivity contribution >= 4 is 38.5 Å². The lowest BCUT2D eigenvalue weighted by Gasteiger charge is -2.04. The first kappa shape index (κ1) is 18.4. The molecule has 0 aliphatic rings. The number of nitrogens with one attached hydrogen (secondary N) is 1. The highest BCUT2D eigenvalue weighted by Gasteiger charge is 2.33. The third-order valence-electron chi connectivity index (χ3n) is 2.40. The first-order valence-electron chi connectivity index (χ1n) is 6.22. The van der Waals surface area contributed by atoms with E-state index in [1.807, 2.05) is 0 Å². The van der Waals surface area contributed by atoms with Crippen molar-refractivity contribution in [2.45, 2.75) is 11.1 Å². The van der Waals surface area contributed by atoms with Gasteiger partial charge in [-0.15, -0.1) is 22.7 Å². The highest BCUT2D eigenvalue weighted by molar-refractivity contribution is 7.92. The molecule has 0 aliphatic heterocycles. The molecule has 2 aromatic heterocycles. The van der Waals surface area contributed by atoms with Gasteiger partial charge in [-0.2, -0.15) is 13.2 Å². The van der Waals surface area contributed by atoms with Crippen molar-refractivity contribution in [2.24, 2.45) is 0 Å². The van der Waals surface area contributed by atoms with Crippen LogP contribution >= 0.6 is 22.7 Å². The van der Waals surface area contributed by atoms with Gasteiger partial charge in [0.1, 0.15) is 0 Å². The Bertz CT molecular complexity index is 834. The number of thiazole rings is 2. The van der Waals surface area contributed by atoms with Crippen molar-refractivity contribution < 1.29 is 21.6 Å². The summed E-state index contributed by atoms with van der Waals surface area (Å²) in [6.45, 7) is 0. The normalized spacial score (nSPS) is 11.5. The Morgan fingerprint density at radius 2 is 1.79 bits per heavy atom. The molecular weight excluding hydrogens is 383 g/mol. The standard InChI is InChI=1S/C9H8N2O2S2.C4H2F3NS/c12-15(13,8-4-2-1-3-5-8)11-9-6-14-7-10-9;5-4(6,7)3-8-1-2-9-3/h1-7,11H;1-2H. The van der Waals surface area contributed by atoms with Crippen molar-refractivity contribution in [3.05, 3.63) is 57.8 Å². The fourth-order valence-corrected chi connectivity index (χ4v) is 3.51. The molecule has 0 atom stereocenters. The molecule has 0 unspecified atom stereocenters. The number of hydrogen-bond acceptors (Lipinski definition) is 6. The monoisotopic (exact) mass is 393 g/mol. The summed E-state index contributed by atoms with van der Waals surface area (Å²) in [5.41, 5.74) is 1.57. The number of alkyl halides is 3. The van der Waals surface area contributed by atoms with Gasteiger partial charge in [0.15, 0.2) is 10.8 Å². The van der Waals surface area contributed by atoms with Crippen molar-refractivity contribution in [1.29, 1.82) is 0 Å². The van der Waals surface area contributed by atoms with Gasteiger partial charge in [0.25, 0.3) is 10.0 Å². The maximum Gasteiger partial charge on any atom is 0.443 e. The zero-order chi connectivity index (χ0) is 17.6. The van der Waals surface area contributed by atoms with Crippen molar-refractivity contribution in [3.8, 4) is 0 Å². The van der Waals surface area contributed by atoms with E-state index in [4.69, 9.17) is 0 Å². The number of anilines is 1. The van der Waals surface area contributed by atoms with Gasteiger partial charge in [-0.3, -0.25) is 4.72 Å². The number of benzene rings is 1. The molecule has 0 saturated carbocycles. The third kappa shape index (κ3) is 5.28. The molecule has 0 radical (unpaired) electrons. The van der Waals surface area contributed by atoms with E-state index >= 15 is 0 Å². The van der Waals surface area contributed by atoms with Crippen LogP contribution in [0.4, 0.5) is 19.0 Å². The molecule has 24 heavy (non-hydrogen) atoms. The van der Waals surface area contributed by atoms with Crippen molar-refractivity contribution in [3.63, 3.8) is 0 Å². The van der Waals surface area contributed by atoms with E-state index in [9.17, 15) is 21.6 Å². The molecular formula is C13H10F3N3O2S3. The number of halogens is 3. The Hall–Kier alpha value is -1.98. The molecule has 11 heteroatoms. The largest absolute Gasteiger partial charge is 0.443 e. The second-order valence-electron chi connectivity index (χ2n) is 4.13. The molecule has 5 nitrogen and oxygen atoms in total. The smallest absolute Gasteiger partial charge is 0.263 e. The minimum absolute atomic E-state index is 0.234. The maximum absolute atomic E-state index is 11.8. The average Bonchev–Trinajstić information content (AvgIpc) is 3.21. The summed E-state index contributed by atoms with van der Waals surface area (Å²) in [5, 5.41) is 2.14. The van der Waals surface area contributed by atoms with Gasteiger partial charge in [-0.25, -0.2) is 18.4 Å². The molecule has 0 spiro atoms. The zero-order valence-electron chi connectivity index (χ0n) is 11.8. The summed E-state index contributed by atoms with van der Waals surface area (Å²) in [4.78, 5) is 7.17. The van der Waals surface area contributed by atoms with E-state index in [0.29, 0.717) is 17.2 Å². The Morgan fingerprint density at radius 3 is 2.25 bits per heavy atom. The summed E-state index contributed by atoms with van der Waals surface area (Å²) >= 11 is 1.93. The van der Waals surface area contributed by atoms with Gasteiger partial charge in [0.05, 0.1) is 10.4 Å². The Labute approximate surface area is 143 Å². The van der Waals surface area contributed by atoms with E-state index in [2.05, 4.69) is 14.7 Å². The topological polar surface area (TPSA) is 72.0 Å². The van der Waals surface area contributed by atoms with Gasteiger partial charge in [-0.05, 0) is 12.1 Å². The van der Waals surface area contributed by atoms with Crippen LogP contribution in [-0.4, -0.2) is 18.4 Å². The van der Waals surface area contributed by atoms with Gasteiger partial charge in [-0.1, -0.05) is 18.2 Å². The van der Waals surface area contributed by atoms with E-state index in [1.165, 1.54) is 28.8 Å². The predicted molar refractivity (Wildman–Crippen MR) is 86.5 cm³/mol. The molecule has 0 saturated heterocycles. The minimum atomic E-state index is -4.27. The summed E-state index contributed by atoms with van der Waals surface area (Å²) < 4.78 is 60.6. The molecule has 3 aromatic rings. The Morgan fingerprint density at radius 1 is 1.08 bits per heavy atom. The van der Waals surface area contributed by atoms with E-state index in [1.54, 1.807) is 29.1 Å². The Kier molecular flexibility index (Phi) is 5.91. The number of sulfonamides is 1. The molecule has 0 amide bonds. The van der Waals surface area contributed by atoms with Gasteiger partial charge >= 0.3 is 6.18 Å². The van der Waals surface area contributed by atoms with Crippen LogP contribution in [-0.2, 0) is 16.2 Å². The molecule has 128 valence electrons. The maximum atomic E-state index is 11.8. The van der Waals surface area contributed by atoms with Crippen LogP contribution in [0.5, 0.6) is 0 Å². The number of rotatable bonds is 3. The molecule has 0 aliphatic carbocycles. The zero-order valence-corrected chi connectivity index (χ0v) is 14.2. The van der Waals surface area contributed by atoms with Crippen LogP contribution in [0.25, 0.3) is 0 Å². The minimum Gasteiger partial charge on any atom is -0.263 e. The quantitative estimate of drug-likeness (QED) is 0.727. The fourth-order valence-electron chi connectivity index (χ4n) is 1.42. The van der Waals surface area contributed by atoms with Crippen LogP contribution < -0.4 is 4.72 Å². The number of nitrogens with zero attached hydrogens (tertiary/aromatic N) is 2. The van der Waals surface area contributed by atoms with Gasteiger partial charge in [0, 0.05) is 17.0 Å². The molecule has 0 bridgehead atoms. The lowest BCUT2D eigenvalue weighted by molar-refractivity contribution is -0.137. The Balaban J connectivity index is 0.000000198. The van der Waals surface area contributed by atoms with Gasteiger partial charge in [0.2, 0.25) is 0 Å². The summed E-state index contributed by atoms with van der Waals surface area (Å²) in [6, 6.07) is 8.19. The summed E-state index contributed by atoms with van der Waals surface area (Å²) in [7, 11) is -3.49. The van der Waals surface area contributed by atoms with Crippen LogP contribution in [0.15, 0.2) is 57.7 Å². The van der Waals surface area contributed by atoms with Crippen LogP contribution in [0.2, 0.25) is 0 Å². The first-order valence-corrected chi connectivity index (χ1v) is 9.52. The number of aromatic nitrogens is 2. The predicted octanol–water partition coefficient (Wildman–Crippen LogP) is 4.11. The molecule has 1 N–H and O–H groups in total. The SMILES string of the molecule is FC(F)(F)c1nccs1.O=S(=O)(Nc1cscn1)c1ccccc1. The molecule has 1 aromatic carbocycles.